The smallest absolute Gasteiger partial charge is 0.252 e. The van der Waals surface area contributed by atoms with Crippen molar-refractivity contribution in [2.75, 3.05) is 13.1 Å². The van der Waals surface area contributed by atoms with E-state index >= 15 is 0 Å². The van der Waals surface area contributed by atoms with Gasteiger partial charge in [-0.15, -0.1) is 24.8 Å². The van der Waals surface area contributed by atoms with Crippen LogP contribution in [0.4, 0.5) is 0 Å². The Balaban J connectivity index is 0.00000169. The highest BCUT2D eigenvalue weighted by atomic mass is 35.5. The van der Waals surface area contributed by atoms with Crippen molar-refractivity contribution < 1.29 is 9.90 Å². The van der Waals surface area contributed by atoms with Gasteiger partial charge in [0.05, 0.1) is 11.6 Å². The van der Waals surface area contributed by atoms with Crippen LogP contribution < -0.4 is 10.6 Å². The lowest BCUT2D eigenvalue weighted by atomic mass is 9.79. The number of aryl methyl sites for hydroxylation is 2. The first-order valence-electron chi connectivity index (χ1n) is 8.23. The van der Waals surface area contributed by atoms with Crippen LogP contribution in [0.5, 0.6) is 0 Å². The molecule has 0 unspecified atom stereocenters. The fraction of sp³-hybridized carbons (Fsp3) is 0.368. The summed E-state index contributed by atoms with van der Waals surface area (Å²) in [7, 11) is 0. The zero-order valence-corrected chi connectivity index (χ0v) is 16.5. The number of hydrogen-bond donors (Lipinski definition) is 3. The standard InChI is InChI=1S/C19H23N3O2.2ClH/c1-13-10-15(11-14(2)21-13)18(24)22-19(8-9-20-12-17(19)23)16-6-4-3-5-7-16;;/h3-7,10-11,17,20,23H,8-9,12H2,1-2H3,(H,22,24);2*1H/t17-,19+;;/m1../s1. The van der Waals surface area contributed by atoms with Crippen molar-refractivity contribution in [2.24, 2.45) is 0 Å². The molecule has 5 nitrogen and oxygen atoms in total. The molecule has 0 aliphatic carbocycles. The minimum atomic E-state index is -0.783. The van der Waals surface area contributed by atoms with Crippen LogP contribution in [-0.4, -0.2) is 35.2 Å². The highest BCUT2D eigenvalue weighted by molar-refractivity contribution is 5.95. The molecule has 0 saturated carbocycles. The summed E-state index contributed by atoms with van der Waals surface area (Å²) < 4.78 is 0. The Kier molecular flexibility index (Phi) is 8.03. The molecular formula is C19H25Cl2N3O2. The van der Waals surface area contributed by atoms with Crippen molar-refractivity contribution in [1.29, 1.82) is 0 Å². The second-order valence-electron chi connectivity index (χ2n) is 6.40. The molecule has 2 aromatic rings. The molecule has 0 bridgehead atoms. The Morgan fingerprint density at radius 3 is 2.38 bits per heavy atom. The number of hydrogen-bond acceptors (Lipinski definition) is 4. The topological polar surface area (TPSA) is 74.2 Å². The van der Waals surface area contributed by atoms with E-state index < -0.39 is 11.6 Å². The number of rotatable bonds is 3. The second-order valence-corrected chi connectivity index (χ2v) is 6.40. The van der Waals surface area contributed by atoms with Gasteiger partial charge in [0.15, 0.2) is 0 Å². The maximum Gasteiger partial charge on any atom is 0.252 e. The number of aromatic nitrogens is 1. The van der Waals surface area contributed by atoms with Gasteiger partial charge in [0.25, 0.3) is 5.91 Å². The molecule has 1 fully saturated rings. The predicted octanol–water partition coefficient (Wildman–Crippen LogP) is 2.52. The van der Waals surface area contributed by atoms with E-state index in [0.717, 1.165) is 23.5 Å². The zero-order chi connectivity index (χ0) is 17.2. The highest BCUT2D eigenvalue weighted by Crippen LogP contribution is 2.31. The summed E-state index contributed by atoms with van der Waals surface area (Å²) in [6.45, 7) is 4.93. The third-order valence-electron chi connectivity index (χ3n) is 4.57. The lowest BCUT2D eigenvalue weighted by molar-refractivity contribution is 0.0289. The number of carbonyl (C=O) groups is 1. The van der Waals surface area contributed by atoms with Crippen LogP contribution in [0.15, 0.2) is 42.5 Å². The number of pyridine rings is 1. The van der Waals surface area contributed by atoms with E-state index in [-0.39, 0.29) is 30.7 Å². The number of β-amino-alcohol motifs (C(OH)–C–C–N with tert-alkyl or cyclic N) is 1. The van der Waals surface area contributed by atoms with Crippen molar-refractivity contribution in [3.63, 3.8) is 0 Å². The second kappa shape index (κ2) is 9.33. The first kappa shape index (κ1) is 22.4. The summed E-state index contributed by atoms with van der Waals surface area (Å²) >= 11 is 0. The largest absolute Gasteiger partial charge is 0.389 e. The Bertz CT molecular complexity index is 723. The van der Waals surface area contributed by atoms with Gasteiger partial charge < -0.3 is 15.7 Å². The molecule has 2 atom stereocenters. The average Bonchev–Trinajstić information content (AvgIpc) is 2.57. The molecule has 3 rings (SSSR count). The molecule has 1 aromatic heterocycles. The molecule has 142 valence electrons. The van der Waals surface area contributed by atoms with Gasteiger partial charge in [0.1, 0.15) is 0 Å². The monoisotopic (exact) mass is 397 g/mol. The van der Waals surface area contributed by atoms with E-state index in [1.807, 2.05) is 44.2 Å². The fourth-order valence-electron chi connectivity index (χ4n) is 3.40. The zero-order valence-electron chi connectivity index (χ0n) is 14.9. The minimum Gasteiger partial charge on any atom is -0.389 e. The molecule has 26 heavy (non-hydrogen) atoms. The number of aliphatic hydroxyl groups is 1. The first-order valence-corrected chi connectivity index (χ1v) is 8.23. The number of nitrogens with zero attached hydrogens (tertiary/aromatic N) is 1. The Hall–Kier alpha value is -1.66. The summed E-state index contributed by atoms with van der Waals surface area (Å²) in [6.07, 6.45) is -0.0610. The van der Waals surface area contributed by atoms with Gasteiger partial charge in [-0.2, -0.15) is 0 Å². The molecule has 0 radical (unpaired) electrons. The van der Waals surface area contributed by atoms with Gasteiger partial charge in [-0.1, -0.05) is 30.3 Å². The van der Waals surface area contributed by atoms with Crippen molar-refractivity contribution >= 4 is 30.7 Å². The molecular weight excluding hydrogens is 373 g/mol. The number of benzene rings is 1. The van der Waals surface area contributed by atoms with Crippen LogP contribution in [0, 0.1) is 13.8 Å². The van der Waals surface area contributed by atoms with E-state index in [4.69, 9.17) is 0 Å². The number of piperidine rings is 1. The van der Waals surface area contributed by atoms with Crippen LogP contribution in [0.1, 0.15) is 33.7 Å². The summed E-state index contributed by atoms with van der Waals surface area (Å²) in [5, 5.41) is 17.0. The van der Waals surface area contributed by atoms with Crippen LogP contribution in [0.25, 0.3) is 0 Å². The Morgan fingerprint density at radius 2 is 1.81 bits per heavy atom. The lowest BCUT2D eigenvalue weighted by Gasteiger charge is -2.43. The summed E-state index contributed by atoms with van der Waals surface area (Å²) in [4.78, 5) is 17.2. The van der Waals surface area contributed by atoms with Gasteiger partial charge in [-0.25, -0.2) is 0 Å². The highest BCUT2D eigenvalue weighted by Gasteiger charge is 2.42. The van der Waals surface area contributed by atoms with E-state index in [2.05, 4.69) is 15.6 Å². The molecule has 3 N–H and O–H groups in total. The number of halogens is 2. The van der Waals surface area contributed by atoms with Gasteiger partial charge in [0, 0.05) is 23.5 Å². The van der Waals surface area contributed by atoms with Crippen LogP contribution in [-0.2, 0) is 5.54 Å². The van der Waals surface area contributed by atoms with E-state index in [1.165, 1.54) is 0 Å². The summed E-state index contributed by atoms with van der Waals surface area (Å²) in [6, 6.07) is 13.2. The third kappa shape index (κ3) is 4.54. The van der Waals surface area contributed by atoms with E-state index in [1.54, 1.807) is 12.1 Å². The quantitative estimate of drug-likeness (QED) is 0.743. The van der Waals surface area contributed by atoms with Gasteiger partial charge in [-0.3, -0.25) is 9.78 Å². The molecule has 1 aliphatic heterocycles. The van der Waals surface area contributed by atoms with Crippen molar-refractivity contribution in [1.82, 2.24) is 15.6 Å². The number of amides is 1. The number of nitrogens with one attached hydrogen (secondary N) is 2. The summed E-state index contributed by atoms with van der Waals surface area (Å²) in [5.41, 5.74) is 2.32. The molecule has 1 saturated heterocycles. The maximum absolute atomic E-state index is 12.9. The van der Waals surface area contributed by atoms with Crippen LogP contribution in [0.3, 0.4) is 0 Å². The molecule has 1 amide bonds. The molecule has 2 heterocycles. The van der Waals surface area contributed by atoms with Gasteiger partial charge in [-0.05, 0) is 44.5 Å². The normalized spacial score (nSPS) is 21.9. The minimum absolute atomic E-state index is 0. The van der Waals surface area contributed by atoms with Gasteiger partial charge in [0.2, 0.25) is 0 Å². The van der Waals surface area contributed by atoms with Gasteiger partial charge >= 0.3 is 0 Å². The average molecular weight is 398 g/mol. The van der Waals surface area contributed by atoms with Crippen LogP contribution in [0.2, 0.25) is 0 Å². The molecule has 7 heteroatoms. The van der Waals surface area contributed by atoms with Crippen molar-refractivity contribution in [3.8, 4) is 0 Å². The van der Waals surface area contributed by atoms with Crippen LogP contribution >= 0.6 is 24.8 Å². The predicted molar refractivity (Wildman–Crippen MR) is 107 cm³/mol. The molecule has 1 aromatic carbocycles. The molecule has 1 aliphatic rings. The van der Waals surface area contributed by atoms with Crippen molar-refractivity contribution in [2.45, 2.75) is 31.9 Å². The number of aliphatic hydroxyl groups excluding tert-OH is 1. The SMILES string of the molecule is Cc1cc(C(=O)N[C@]2(c3ccccc3)CCNC[C@H]2O)cc(C)n1.Cl.Cl. The van der Waals surface area contributed by atoms with E-state index in [0.29, 0.717) is 18.5 Å². The number of carbonyl (C=O) groups excluding carboxylic acids is 1. The third-order valence-corrected chi connectivity index (χ3v) is 4.57. The Labute approximate surface area is 166 Å². The summed E-state index contributed by atoms with van der Waals surface area (Å²) in [5.74, 6) is -0.187. The lowest BCUT2D eigenvalue weighted by Crippen LogP contribution is -2.61. The maximum atomic E-state index is 12.9. The van der Waals surface area contributed by atoms with Crippen molar-refractivity contribution in [3.05, 3.63) is 65.0 Å². The fourth-order valence-corrected chi connectivity index (χ4v) is 3.40. The molecule has 0 spiro atoms. The first-order chi connectivity index (χ1) is 11.5. The Morgan fingerprint density at radius 1 is 1.19 bits per heavy atom. The van der Waals surface area contributed by atoms with E-state index in [9.17, 15) is 9.90 Å².